The number of nitrogens with one attached hydrogen (secondary N) is 1. The van der Waals surface area contributed by atoms with Crippen LogP contribution in [0.15, 0.2) is 35.3 Å². The largest absolute Gasteiger partial charge is 0.307 e. The molecule has 0 radical (unpaired) electrons. The summed E-state index contributed by atoms with van der Waals surface area (Å²) in [5.41, 5.74) is 2.60. The average molecular weight is 268 g/mol. The van der Waals surface area contributed by atoms with Crippen LogP contribution in [0.25, 0.3) is 0 Å². The summed E-state index contributed by atoms with van der Waals surface area (Å²) in [6, 6.07) is 6.62. The van der Waals surface area contributed by atoms with Gasteiger partial charge in [0.2, 0.25) is 0 Å². The third kappa shape index (κ3) is 3.47. The van der Waals surface area contributed by atoms with Gasteiger partial charge < -0.3 is 5.32 Å². The summed E-state index contributed by atoms with van der Waals surface area (Å²) in [5.74, 6) is 0. The van der Waals surface area contributed by atoms with Crippen molar-refractivity contribution >= 4 is 15.9 Å². The molecule has 1 nitrogen and oxygen atoms in total. The maximum atomic E-state index is 3.88. The summed E-state index contributed by atoms with van der Waals surface area (Å²) in [5, 5.41) is 3.46. The fraction of sp³-hybridized carbons (Fsp3) is 0.385. The Hall–Kier alpha value is -0.600. The number of aryl methyl sites for hydroxylation is 1. The second-order valence-electron chi connectivity index (χ2n) is 3.67. The lowest BCUT2D eigenvalue weighted by molar-refractivity contribution is 0.611. The standard InChI is InChI=1S/C13H18BrN/c1-4-8-15-13(5-2)12-7-6-11(14)9-10(12)3/h5-7,9,13,15H,2,4,8H2,1,3H3. The van der Waals surface area contributed by atoms with Crippen LogP contribution in [0.2, 0.25) is 0 Å². The zero-order valence-corrected chi connectivity index (χ0v) is 11.0. The van der Waals surface area contributed by atoms with E-state index < -0.39 is 0 Å². The molecule has 0 aliphatic heterocycles. The van der Waals surface area contributed by atoms with Crippen molar-refractivity contribution in [1.82, 2.24) is 5.32 Å². The topological polar surface area (TPSA) is 12.0 Å². The molecule has 0 saturated carbocycles. The molecule has 1 aromatic carbocycles. The van der Waals surface area contributed by atoms with Crippen LogP contribution in [-0.4, -0.2) is 6.54 Å². The van der Waals surface area contributed by atoms with Crippen molar-refractivity contribution in [3.63, 3.8) is 0 Å². The van der Waals surface area contributed by atoms with Crippen molar-refractivity contribution in [1.29, 1.82) is 0 Å². The molecule has 1 aromatic rings. The van der Waals surface area contributed by atoms with Gasteiger partial charge in [0, 0.05) is 4.47 Å². The van der Waals surface area contributed by atoms with E-state index in [1.165, 1.54) is 11.1 Å². The normalized spacial score (nSPS) is 12.5. The van der Waals surface area contributed by atoms with E-state index in [9.17, 15) is 0 Å². The minimum atomic E-state index is 0.262. The molecule has 0 fully saturated rings. The van der Waals surface area contributed by atoms with E-state index >= 15 is 0 Å². The van der Waals surface area contributed by atoms with Gasteiger partial charge >= 0.3 is 0 Å². The summed E-state index contributed by atoms with van der Waals surface area (Å²) in [6.07, 6.45) is 3.10. The highest BCUT2D eigenvalue weighted by atomic mass is 79.9. The first-order valence-corrected chi connectivity index (χ1v) is 6.10. The maximum Gasteiger partial charge on any atom is 0.0506 e. The third-order valence-corrected chi connectivity index (χ3v) is 2.91. The molecule has 1 atom stereocenters. The highest BCUT2D eigenvalue weighted by Gasteiger charge is 2.08. The highest BCUT2D eigenvalue weighted by molar-refractivity contribution is 9.10. The van der Waals surface area contributed by atoms with Crippen molar-refractivity contribution in [3.05, 3.63) is 46.5 Å². The Bertz CT molecular complexity index is 333. The van der Waals surface area contributed by atoms with Crippen LogP contribution in [0.4, 0.5) is 0 Å². The smallest absolute Gasteiger partial charge is 0.0506 e. The molecule has 1 N–H and O–H groups in total. The Morgan fingerprint density at radius 2 is 2.27 bits per heavy atom. The van der Waals surface area contributed by atoms with Gasteiger partial charge in [0.05, 0.1) is 6.04 Å². The van der Waals surface area contributed by atoms with Crippen molar-refractivity contribution in [3.8, 4) is 0 Å². The van der Waals surface area contributed by atoms with Crippen LogP contribution >= 0.6 is 15.9 Å². The van der Waals surface area contributed by atoms with Crippen molar-refractivity contribution < 1.29 is 0 Å². The van der Waals surface area contributed by atoms with Crippen molar-refractivity contribution in [2.45, 2.75) is 26.3 Å². The number of hydrogen-bond donors (Lipinski definition) is 1. The molecule has 1 unspecified atom stereocenters. The minimum absolute atomic E-state index is 0.262. The van der Waals surface area contributed by atoms with E-state index in [0.717, 1.165) is 17.4 Å². The predicted molar refractivity (Wildman–Crippen MR) is 70.1 cm³/mol. The monoisotopic (exact) mass is 267 g/mol. The first-order valence-electron chi connectivity index (χ1n) is 5.31. The van der Waals surface area contributed by atoms with Crippen LogP contribution in [0.1, 0.15) is 30.5 Å². The molecule has 0 spiro atoms. The zero-order chi connectivity index (χ0) is 11.3. The molecular weight excluding hydrogens is 250 g/mol. The summed E-state index contributed by atoms with van der Waals surface area (Å²) in [7, 11) is 0. The van der Waals surface area contributed by atoms with E-state index in [1.807, 2.05) is 6.08 Å². The molecular formula is C13H18BrN. The van der Waals surface area contributed by atoms with Gasteiger partial charge in [-0.2, -0.15) is 0 Å². The SMILES string of the molecule is C=CC(NCCC)c1ccc(Br)cc1C. The Morgan fingerprint density at radius 3 is 2.80 bits per heavy atom. The quantitative estimate of drug-likeness (QED) is 0.796. The van der Waals surface area contributed by atoms with Crippen LogP contribution in [0.5, 0.6) is 0 Å². The van der Waals surface area contributed by atoms with Gasteiger partial charge in [-0.1, -0.05) is 35.0 Å². The van der Waals surface area contributed by atoms with Gasteiger partial charge in [-0.05, 0) is 43.1 Å². The molecule has 1 rings (SSSR count). The van der Waals surface area contributed by atoms with Crippen LogP contribution in [0, 0.1) is 6.92 Å². The van der Waals surface area contributed by atoms with Crippen LogP contribution in [0.3, 0.4) is 0 Å². The third-order valence-electron chi connectivity index (χ3n) is 2.42. The molecule has 0 amide bonds. The van der Waals surface area contributed by atoms with E-state index in [-0.39, 0.29) is 6.04 Å². The molecule has 0 aliphatic carbocycles. The van der Waals surface area contributed by atoms with Gasteiger partial charge in [0.15, 0.2) is 0 Å². The average Bonchev–Trinajstić information content (AvgIpc) is 2.21. The van der Waals surface area contributed by atoms with E-state index in [0.29, 0.717) is 0 Å². The molecule has 0 heterocycles. The Kier molecular flexibility index (Phi) is 5.06. The molecule has 82 valence electrons. The fourth-order valence-electron chi connectivity index (χ4n) is 1.61. The Morgan fingerprint density at radius 1 is 1.53 bits per heavy atom. The van der Waals surface area contributed by atoms with Gasteiger partial charge in [-0.15, -0.1) is 6.58 Å². The molecule has 2 heteroatoms. The first kappa shape index (κ1) is 12.5. The van der Waals surface area contributed by atoms with E-state index in [4.69, 9.17) is 0 Å². The highest BCUT2D eigenvalue weighted by Crippen LogP contribution is 2.22. The van der Waals surface area contributed by atoms with Gasteiger partial charge in [-0.3, -0.25) is 0 Å². The van der Waals surface area contributed by atoms with Gasteiger partial charge in [0.25, 0.3) is 0 Å². The molecule has 0 aliphatic rings. The van der Waals surface area contributed by atoms with E-state index in [2.05, 4.69) is 59.9 Å². The summed E-state index contributed by atoms with van der Waals surface area (Å²) in [4.78, 5) is 0. The second-order valence-corrected chi connectivity index (χ2v) is 4.58. The maximum absolute atomic E-state index is 3.88. The van der Waals surface area contributed by atoms with E-state index in [1.54, 1.807) is 0 Å². The summed E-state index contributed by atoms with van der Waals surface area (Å²) >= 11 is 3.47. The predicted octanol–water partition coefficient (Wildman–Crippen LogP) is 3.98. The lowest BCUT2D eigenvalue weighted by Crippen LogP contribution is -2.20. The Labute approximate surface area is 101 Å². The zero-order valence-electron chi connectivity index (χ0n) is 9.39. The molecule has 0 aromatic heterocycles. The number of hydrogen-bond acceptors (Lipinski definition) is 1. The van der Waals surface area contributed by atoms with Crippen LogP contribution in [-0.2, 0) is 0 Å². The Balaban J connectivity index is 2.86. The molecule has 0 bridgehead atoms. The number of benzene rings is 1. The van der Waals surface area contributed by atoms with Crippen molar-refractivity contribution in [2.24, 2.45) is 0 Å². The number of halogens is 1. The van der Waals surface area contributed by atoms with Gasteiger partial charge in [0.1, 0.15) is 0 Å². The fourth-order valence-corrected chi connectivity index (χ4v) is 2.08. The summed E-state index contributed by atoms with van der Waals surface area (Å²) in [6.45, 7) is 9.20. The second kappa shape index (κ2) is 6.09. The number of rotatable bonds is 5. The van der Waals surface area contributed by atoms with Gasteiger partial charge in [-0.25, -0.2) is 0 Å². The summed E-state index contributed by atoms with van der Waals surface area (Å²) < 4.78 is 1.13. The molecule has 15 heavy (non-hydrogen) atoms. The minimum Gasteiger partial charge on any atom is -0.307 e. The lowest BCUT2D eigenvalue weighted by Gasteiger charge is -2.17. The lowest BCUT2D eigenvalue weighted by atomic mass is 10.0. The van der Waals surface area contributed by atoms with Crippen LogP contribution < -0.4 is 5.32 Å². The first-order chi connectivity index (χ1) is 7.19. The molecule has 0 saturated heterocycles. The van der Waals surface area contributed by atoms with Crippen molar-refractivity contribution in [2.75, 3.05) is 6.54 Å².